The van der Waals surface area contributed by atoms with Gasteiger partial charge < -0.3 is 4.57 Å². The third kappa shape index (κ3) is 2.15. The van der Waals surface area contributed by atoms with Crippen molar-refractivity contribution in [2.24, 2.45) is 11.3 Å². The van der Waals surface area contributed by atoms with E-state index in [0.29, 0.717) is 17.2 Å². The molecular formula is C15H18Cl2N2. The van der Waals surface area contributed by atoms with Gasteiger partial charge in [-0.2, -0.15) is 0 Å². The summed E-state index contributed by atoms with van der Waals surface area (Å²) in [5.74, 6) is 2.03. The first-order valence-corrected chi connectivity index (χ1v) is 7.68. The minimum atomic E-state index is 0.410. The van der Waals surface area contributed by atoms with Gasteiger partial charge in [0.1, 0.15) is 5.82 Å². The SMILES string of the molecule is CC(C)C1(Cn2c(CCl)nc3cccc(Cl)c32)CC1. The quantitative estimate of drug-likeness (QED) is 0.736. The molecule has 0 radical (unpaired) electrons. The van der Waals surface area contributed by atoms with Crippen molar-refractivity contribution < 1.29 is 0 Å². The Kier molecular flexibility index (Phi) is 3.26. The van der Waals surface area contributed by atoms with Crippen molar-refractivity contribution in [3.05, 3.63) is 29.0 Å². The number of benzene rings is 1. The van der Waals surface area contributed by atoms with Gasteiger partial charge in [0.05, 0.1) is 21.9 Å². The summed E-state index contributed by atoms with van der Waals surface area (Å²) in [5.41, 5.74) is 2.39. The van der Waals surface area contributed by atoms with Gasteiger partial charge in [-0.15, -0.1) is 11.6 Å². The number of imidazole rings is 1. The van der Waals surface area contributed by atoms with Crippen LogP contribution in [0.15, 0.2) is 18.2 Å². The summed E-state index contributed by atoms with van der Waals surface area (Å²) in [5, 5.41) is 0.765. The first kappa shape index (κ1) is 13.3. The summed E-state index contributed by atoms with van der Waals surface area (Å²) >= 11 is 12.4. The lowest BCUT2D eigenvalue weighted by atomic mass is 9.92. The van der Waals surface area contributed by atoms with Crippen molar-refractivity contribution in [2.75, 3.05) is 0 Å². The Morgan fingerprint density at radius 1 is 1.37 bits per heavy atom. The zero-order chi connectivity index (χ0) is 13.6. The lowest BCUT2D eigenvalue weighted by molar-refractivity contribution is 0.309. The maximum absolute atomic E-state index is 6.36. The molecule has 102 valence electrons. The zero-order valence-electron chi connectivity index (χ0n) is 11.3. The van der Waals surface area contributed by atoms with Crippen LogP contribution in [0.2, 0.25) is 5.02 Å². The molecule has 3 rings (SSSR count). The summed E-state index contributed by atoms with van der Waals surface area (Å²) in [6.07, 6.45) is 2.58. The van der Waals surface area contributed by atoms with Crippen LogP contribution in [-0.4, -0.2) is 9.55 Å². The Bertz CT molecular complexity index is 612. The maximum Gasteiger partial charge on any atom is 0.124 e. The highest BCUT2D eigenvalue weighted by Gasteiger charge is 2.46. The third-order valence-electron chi connectivity index (χ3n) is 4.51. The Morgan fingerprint density at radius 2 is 2.11 bits per heavy atom. The number of hydrogen-bond donors (Lipinski definition) is 0. The van der Waals surface area contributed by atoms with E-state index in [4.69, 9.17) is 23.2 Å². The molecule has 1 aliphatic carbocycles. The second kappa shape index (κ2) is 4.68. The van der Waals surface area contributed by atoms with Crippen LogP contribution < -0.4 is 0 Å². The van der Waals surface area contributed by atoms with Crippen molar-refractivity contribution >= 4 is 34.2 Å². The summed E-state index contributed by atoms with van der Waals surface area (Å²) < 4.78 is 2.23. The number of aromatic nitrogens is 2. The van der Waals surface area contributed by atoms with E-state index in [-0.39, 0.29) is 0 Å². The van der Waals surface area contributed by atoms with E-state index >= 15 is 0 Å². The van der Waals surface area contributed by atoms with Crippen LogP contribution in [0.25, 0.3) is 11.0 Å². The van der Waals surface area contributed by atoms with Crippen LogP contribution in [0.3, 0.4) is 0 Å². The van der Waals surface area contributed by atoms with E-state index in [9.17, 15) is 0 Å². The first-order chi connectivity index (χ1) is 9.07. The molecule has 0 N–H and O–H groups in total. The maximum atomic E-state index is 6.36. The Labute approximate surface area is 123 Å². The lowest BCUT2D eigenvalue weighted by Gasteiger charge is -2.22. The average molecular weight is 297 g/mol. The molecule has 1 heterocycles. The number of alkyl halides is 1. The lowest BCUT2D eigenvalue weighted by Crippen LogP contribution is -2.19. The highest BCUT2D eigenvalue weighted by molar-refractivity contribution is 6.35. The van der Waals surface area contributed by atoms with Gasteiger partial charge in [-0.25, -0.2) is 4.98 Å². The highest BCUT2D eigenvalue weighted by Crippen LogP contribution is 2.53. The standard InChI is InChI=1S/C15H18Cl2N2/c1-10(2)15(6-7-15)9-19-13(8-16)18-12-5-3-4-11(17)14(12)19/h3-5,10H,6-9H2,1-2H3. The Hall–Kier alpha value is -0.730. The van der Waals surface area contributed by atoms with Gasteiger partial charge in [-0.05, 0) is 36.3 Å². The number of halogens is 2. The molecule has 1 saturated carbocycles. The minimum absolute atomic E-state index is 0.410. The molecule has 1 aromatic heterocycles. The molecule has 0 amide bonds. The first-order valence-electron chi connectivity index (χ1n) is 6.77. The second-order valence-electron chi connectivity index (χ2n) is 5.87. The fourth-order valence-electron chi connectivity index (χ4n) is 2.86. The van der Waals surface area contributed by atoms with E-state index in [1.165, 1.54) is 12.8 Å². The molecule has 0 bridgehead atoms. The van der Waals surface area contributed by atoms with Crippen molar-refractivity contribution in [3.63, 3.8) is 0 Å². The average Bonchev–Trinajstić information content (AvgIpc) is 3.07. The normalized spacial score (nSPS) is 17.3. The van der Waals surface area contributed by atoms with Gasteiger partial charge in [0.25, 0.3) is 0 Å². The number of fused-ring (bicyclic) bond motifs is 1. The molecule has 4 heteroatoms. The molecule has 19 heavy (non-hydrogen) atoms. The molecule has 0 atom stereocenters. The molecule has 2 nitrogen and oxygen atoms in total. The molecule has 0 unspecified atom stereocenters. The molecular weight excluding hydrogens is 279 g/mol. The van der Waals surface area contributed by atoms with Crippen molar-refractivity contribution in [1.29, 1.82) is 0 Å². The summed E-state index contributed by atoms with van der Waals surface area (Å²) in [6.45, 7) is 5.58. The molecule has 1 aliphatic rings. The fourth-order valence-corrected chi connectivity index (χ4v) is 3.33. The van der Waals surface area contributed by atoms with Gasteiger partial charge in [0.2, 0.25) is 0 Å². The summed E-state index contributed by atoms with van der Waals surface area (Å²) in [4.78, 5) is 4.61. The van der Waals surface area contributed by atoms with Gasteiger partial charge in [0, 0.05) is 6.54 Å². The largest absolute Gasteiger partial charge is 0.325 e. The van der Waals surface area contributed by atoms with E-state index < -0.39 is 0 Å². The van der Waals surface area contributed by atoms with E-state index in [0.717, 1.165) is 28.4 Å². The smallest absolute Gasteiger partial charge is 0.124 e. The number of para-hydroxylation sites is 1. The molecule has 1 fully saturated rings. The minimum Gasteiger partial charge on any atom is -0.325 e. The van der Waals surface area contributed by atoms with E-state index in [1.54, 1.807) is 0 Å². The fraction of sp³-hybridized carbons (Fsp3) is 0.533. The molecule has 0 aliphatic heterocycles. The zero-order valence-corrected chi connectivity index (χ0v) is 12.8. The van der Waals surface area contributed by atoms with Gasteiger partial charge in [-0.1, -0.05) is 31.5 Å². The second-order valence-corrected chi connectivity index (χ2v) is 6.55. The summed E-state index contributed by atoms with van der Waals surface area (Å²) in [7, 11) is 0. The number of nitrogens with zero attached hydrogens (tertiary/aromatic N) is 2. The molecule has 0 spiro atoms. The van der Waals surface area contributed by atoms with E-state index in [2.05, 4.69) is 23.4 Å². The Morgan fingerprint density at radius 3 is 2.68 bits per heavy atom. The van der Waals surface area contributed by atoms with Crippen LogP contribution in [0.1, 0.15) is 32.5 Å². The Balaban J connectivity index is 2.11. The van der Waals surface area contributed by atoms with Crippen LogP contribution in [0.4, 0.5) is 0 Å². The highest BCUT2D eigenvalue weighted by atomic mass is 35.5. The van der Waals surface area contributed by atoms with Crippen LogP contribution in [0, 0.1) is 11.3 Å². The van der Waals surface area contributed by atoms with Gasteiger partial charge >= 0.3 is 0 Å². The van der Waals surface area contributed by atoms with Crippen LogP contribution in [-0.2, 0) is 12.4 Å². The van der Waals surface area contributed by atoms with E-state index in [1.807, 2.05) is 18.2 Å². The van der Waals surface area contributed by atoms with Crippen LogP contribution in [0.5, 0.6) is 0 Å². The number of rotatable bonds is 4. The third-order valence-corrected chi connectivity index (χ3v) is 5.05. The van der Waals surface area contributed by atoms with Crippen molar-refractivity contribution in [3.8, 4) is 0 Å². The van der Waals surface area contributed by atoms with Crippen molar-refractivity contribution in [1.82, 2.24) is 9.55 Å². The van der Waals surface area contributed by atoms with Crippen LogP contribution >= 0.6 is 23.2 Å². The topological polar surface area (TPSA) is 17.8 Å². The molecule has 0 saturated heterocycles. The van der Waals surface area contributed by atoms with Gasteiger partial charge in [0.15, 0.2) is 0 Å². The molecule has 1 aromatic carbocycles. The van der Waals surface area contributed by atoms with Crippen molar-refractivity contribution in [2.45, 2.75) is 39.1 Å². The number of hydrogen-bond acceptors (Lipinski definition) is 1. The van der Waals surface area contributed by atoms with Gasteiger partial charge in [-0.3, -0.25) is 0 Å². The summed E-state index contributed by atoms with van der Waals surface area (Å²) in [6, 6.07) is 5.87. The monoisotopic (exact) mass is 296 g/mol. The predicted molar refractivity (Wildman–Crippen MR) is 80.8 cm³/mol. The predicted octanol–water partition coefficient (Wildman–Crippen LogP) is 4.86. The molecule has 2 aromatic rings.